The molecule has 0 fully saturated rings. The topological polar surface area (TPSA) is 77.0 Å². The Morgan fingerprint density at radius 1 is 1.38 bits per heavy atom. The Hall–Kier alpha value is -0.590. The van der Waals surface area contributed by atoms with Crippen LogP contribution in [0.25, 0.3) is 0 Å². The maximum atomic E-state index is 9.41. The van der Waals surface area contributed by atoms with Crippen molar-refractivity contribution in [2.24, 2.45) is 5.73 Å². The number of rotatable bonds is 4. The molecule has 1 atom stereocenters. The van der Waals surface area contributed by atoms with Gasteiger partial charge in [-0.05, 0) is 12.8 Å². The van der Waals surface area contributed by atoms with E-state index in [1.807, 2.05) is 0 Å². The lowest BCUT2D eigenvalue weighted by atomic mass is 10.2. The number of thioether (sulfide) groups is 1. The van der Waals surface area contributed by atoms with Crippen molar-refractivity contribution in [1.82, 2.24) is 14.8 Å². The lowest BCUT2D eigenvalue weighted by Crippen LogP contribution is -2.22. The van der Waals surface area contributed by atoms with Gasteiger partial charge < -0.3 is 15.4 Å². The van der Waals surface area contributed by atoms with Crippen LogP contribution in [0.5, 0.6) is 0 Å². The molecule has 1 aliphatic heterocycles. The van der Waals surface area contributed by atoms with Gasteiger partial charge in [-0.1, -0.05) is 18.2 Å². The largest absolute Gasteiger partial charge is 0.391 e. The molecule has 0 aliphatic carbocycles. The Morgan fingerprint density at radius 3 is 3.06 bits per heavy atom. The molecule has 0 bridgehead atoms. The van der Waals surface area contributed by atoms with E-state index in [0.29, 0.717) is 12.3 Å². The summed E-state index contributed by atoms with van der Waals surface area (Å²) in [6, 6.07) is 0. The van der Waals surface area contributed by atoms with Gasteiger partial charge in [-0.2, -0.15) is 0 Å². The van der Waals surface area contributed by atoms with E-state index < -0.39 is 6.10 Å². The lowest BCUT2D eigenvalue weighted by molar-refractivity contribution is 0.208. The SMILES string of the molecule is NCC(O)CSc1nnc2n1CCCCC2. The van der Waals surface area contributed by atoms with Gasteiger partial charge in [0.2, 0.25) is 0 Å². The van der Waals surface area contributed by atoms with E-state index in [0.717, 1.165) is 23.9 Å². The number of aromatic nitrogens is 3. The highest BCUT2D eigenvalue weighted by atomic mass is 32.2. The van der Waals surface area contributed by atoms with Gasteiger partial charge in [0.1, 0.15) is 5.82 Å². The minimum atomic E-state index is -0.455. The molecule has 3 N–H and O–H groups in total. The second kappa shape index (κ2) is 5.65. The molecule has 16 heavy (non-hydrogen) atoms. The first-order valence-corrected chi connectivity index (χ1v) is 6.73. The Labute approximate surface area is 99.4 Å². The van der Waals surface area contributed by atoms with Crippen LogP contribution in [-0.4, -0.2) is 38.3 Å². The summed E-state index contributed by atoms with van der Waals surface area (Å²) in [6.45, 7) is 1.30. The molecule has 0 amide bonds. The van der Waals surface area contributed by atoms with Crippen molar-refractivity contribution in [3.05, 3.63) is 5.82 Å². The number of hydrogen-bond donors (Lipinski definition) is 2. The maximum absolute atomic E-state index is 9.41. The number of aliphatic hydroxyl groups is 1. The summed E-state index contributed by atoms with van der Waals surface area (Å²) < 4.78 is 2.18. The number of fused-ring (bicyclic) bond motifs is 1. The van der Waals surface area contributed by atoms with E-state index in [2.05, 4.69) is 14.8 Å². The lowest BCUT2D eigenvalue weighted by Gasteiger charge is -2.08. The average molecular weight is 242 g/mol. The third-order valence-corrected chi connectivity index (χ3v) is 3.86. The summed E-state index contributed by atoms with van der Waals surface area (Å²) in [6.07, 6.45) is 4.22. The smallest absolute Gasteiger partial charge is 0.191 e. The van der Waals surface area contributed by atoms with Crippen molar-refractivity contribution in [1.29, 1.82) is 0 Å². The van der Waals surface area contributed by atoms with Gasteiger partial charge in [-0.3, -0.25) is 0 Å². The molecule has 2 rings (SSSR count). The first-order valence-electron chi connectivity index (χ1n) is 5.74. The highest BCUT2D eigenvalue weighted by Gasteiger charge is 2.15. The van der Waals surface area contributed by atoms with Crippen molar-refractivity contribution in [3.8, 4) is 0 Å². The van der Waals surface area contributed by atoms with Gasteiger partial charge in [-0.25, -0.2) is 0 Å². The molecule has 5 nitrogen and oxygen atoms in total. The fourth-order valence-corrected chi connectivity index (χ4v) is 2.73. The van der Waals surface area contributed by atoms with Crippen molar-refractivity contribution in [2.45, 2.75) is 43.5 Å². The highest BCUT2D eigenvalue weighted by molar-refractivity contribution is 7.99. The van der Waals surface area contributed by atoms with Crippen molar-refractivity contribution in [2.75, 3.05) is 12.3 Å². The van der Waals surface area contributed by atoms with E-state index in [-0.39, 0.29) is 0 Å². The van der Waals surface area contributed by atoms with E-state index >= 15 is 0 Å². The maximum Gasteiger partial charge on any atom is 0.191 e. The van der Waals surface area contributed by atoms with Crippen LogP contribution in [-0.2, 0) is 13.0 Å². The minimum Gasteiger partial charge on any atom is -0.391 e. The highest BCUT2D eigenvalue weighted by Crippen LogP contribution is 2.21. The molecular weight excluding hydrogens is 224 g/mol. The van der Waals surface area contributed by atoms with Gasteiger partial charge >= 0.3 is 0 Å². The fourth-order valence-electron chi connectivity index (χ4n) is 1.80. The predicted octanol–water partition coefficient (Wildman–Crippen LogP) is 0.416. The standard InChI is InChI=1S/C10H18N4OS/c11-6-8(15)7-16-10-13-12-9-4-2-1-3-5-14(9)10/h8,15H,1-7,11H2. The van der Waals surface area contributed by atoms with Gasteiger partial charge in [0, 0.05) is 25.3 Å². The molecule has 1 aliphatic rings. The van der Waals surface area contributed by atoms with E-state index in [1.165, 1.54) is 19.3 Å². The second-order valence-electron chi connectivity index (χ2n) is 4.06. The zero-order valence-corrected chi connectivity index (χ0v) is 10.1. The summed E-state index contributed by atoms with van der Waals surface area (Å²) in [5.41, 5.74) is 5.37. The summed E-state index contributed by atoms with van der Waals surface area (Å²) in [4.78, 5) is 0. The van der Waals surface area contributed by atoms with E-state index in [1.54, 1.807) is 11.8 Å². The molecule has 0 radical (unpaired) electrons. The van der Waals surface area contributed by atoms with Crippen molar-refractivity contribution < 1.29 is 5.11 Å². The molecule has 0 saturated carbocycles. The van der Waals surface area contributed by atoms with E-state index in [9.17, 15) is 5.11 Å². The Kier molecular flexibility index (Phi) is 4.20. The van der Waals surface area contributed by atoms with Crippen LogP contribution in [0.15, 0.2) is 5.16 Å². The van der Waals surface area contributed by atoms with Crippen LogP contribution in [0, 0.1) is 0 Å². The van der Waals surface area contributed by atoms with Crippen LogP contribution >= 0.6 is 11.8 Å². The number of aliphatic hydroxyl groups excluding tert-OH is 1. The number of aryl methyl sites for hydroxylation is 1. The van der Waals surface area contributed by atoms with Crippen LogP contribution in [0.1, 0.15) is 25.1 Å². The number of nitrogens with two attached hydrogens (primary N) is 1. The zero-order valence-electron chi connectivity index (χ0n) is 9.30. The molecule has 0 aromatic carbocycles. The average Bonchev–Trinajstić information content (AvgIpc) is 2.54. The van der Waals surface area contributed by atoms with Gasteiger partial charge in [0.05, 0.1) is 6.10 Å². The van der Waals surface area contributed by atoms with Gasteiger partial charge in [0.15, 0.2) is 5.16 Å². The minimum absolute atomic E-state index is 0.300. The molecule has 1 aromatic rings. The molecule has 1 aromatic heterocycles. The van der Waals surface area contributed by atoms with Crippen LogP contribution in [0.3, 0.4) is 0 Å². The molecule has 2 heterocycles. The quantitative estimate of drug-likeness (QED) is 0.748. The predicted molar refractivity (Wildman–Crippen MR) is 63.4 cm³/mol. The van der Waals surface area contributed by atoms with Crippen LogP contribution < -0.4 is 5.73 Å². The first-order chi connectivity index (χ1) is 7.81. The van der Waals surface area contributed by atoms with Crippen molar-refractivity contribution in [3.63, 3.8) is 0 Å². The zero-order chi connectivity index (χ0) is 11.4. The Balaban J connectivity index is 2.01. The Morgan fingerprint density at radius 2 is 2.25 bits per heavy atom. The molecule has 90 valence electrons. The third kappa shape index (κ3) is 2.75. The van der Waals surface area contributed by atoms with Crippen molar-refractivity contribution >= 4 is 11.8 Å². The molecule has 1 unspecified atom stereocenters. The normalized spacial score (nSPS) is 17.9. The summed E-state index contributed by atoms with van der Waals surface area (Å²) in [5, 5.41) is 18.7. The summed E-state index contributed by atoms with van der Waals surface area (Å²) >= 11 is 1.54. The Bertz CT molecular complexity index is 342. The second-order valence-corrected chi connectivity index (χ2v) is 5.05. The summed E-state index contributed by atoms with van der Waals surface area (Å²) in [7, 11) is 0. The van der Waals surface area contributed by atoms with E-state index in [4.69, 9.17) is 5.73 Å². The molecule has 6 heteroatoms. The molecule has 0 spiro atoms. The fraction of sp³-hybridized carbons (Fsp3) is 0.800. The van der Waals surface area contributed by atoms with Gasteiger partial charge in [-0.15, -0.1) is 10.2 Å². The first kappa shape index (κ1) is 11.9. The molecular formula is C10H18N4OS. The molecule has 0 saturated heterocycles. The number of hydrogen-bond acceptors (Lipinski definition) is 5. The van der Waals surface area contributed by atoms with Crippen LogP contribution in [0.2, 0.25) is 0 Å². The third-order valence-electron chi connectivity index (χ3n) is 2.75. The monoisotopic (exact) mass is 242 g/mol. The van der Waals surface area contributed by atoms with Gasteiger partial charge in [0.25, 0.3) is 0 Å². The summed E-state index contributed by atoms with van der Waals surface area (Å²) in [5.74, 6) is 1.68. The van der Waals surface area contributed by atoms with Crippen LogP contribution in [0.4, 0.5) is 0 Å². The number of nitrogens with zero attached hydrogens (tertiary/aromatic N) is 3.